The minimum Gasteiger partial charge on any atom is -0.352 e. The zero-order valence-corrected chi connectivity index (χ0v) is 26.9. The first-order valence-electron chi connectivity index (χ1n) is 15.0. The maximum atomic E-state index is 15.1. The van der Waals surface area contributed by atoms with E-state index in [1.807, 2.05) is 57.2 Å². The Kier molecular flexibility index (Phi) is 11.1. The van der Waals surface area contributed by atoms with E-state index in [0.717, 1.165) is 15.4 Å². The second kappa shape index (κ2) is 15.0. The molecule has 9 heteroatoms. The summed E-state index contributed by atoms with van der Waals surface area (Å²) in [7, 11) is -4.22. The number of carbonyl (C=O) groups is 2. The van der Waals surface area contributed by atoms with Crippen LogP contribution in [0.15, 0.2) is 108 Å². The Morgan fingerprint density at radius 1 is 0.867 bits per heavy atom. The molecule has 4 aromatic carbocycles. The number of amides is 2. The average Bonchev–Trinajstić information content (AvgIpc) is 3.04. The van der Waals surface area contributed by atoms with Gasteiger partial charge in [0.1, 0.15) is 18.4 Å². The number of hydrogen-bond acceptors (Lipinski definition) is 4. The quantitative estimate of drug-likeness (QED) is 0.191. The summed E-state index contributed by atoms with van der Waals surface area (Å²) in [6, 6.07) is 27.4. The molecule has 0 spiro atoms. The topological polar surface area (TPSA) is 86.8 Å². The average molecular weight is 630 g/mol. The molecular weight excluding hydrogens is 589 g/mol. The first-order valence-corrected chi connectivity index (χ1v) is 16.5. The number of nitrogens with one attached hydrogen (secondary N) is 1. The van der Waals surface area contributed by atoms with Crippen LogP contribution >= 0.6 is 0 Å². The van der Waals surface area contributed by atoms with Gasteiger partial charge in [-0.15, -0.1) is 0 Å². The summed E-state index contributed by atoms with van der Waals surface area (Å²) >= 11 is 0. The van der Waals surface area contributed by atoms with Crippen LogP contribution in [-0.2, 0) is 32.6 Å². The molecule has 0 aromatic heterocycles. The molecule has 0 fully saturated rings. The monoisotopic (exact) mass is 629 g/mol. The summed E-state index contributed by atoms with van der Waals surface area (Å²) in [6.45, 7) is 6.60. The Balaban J connectivity index is 1.84. The van der Waals surface area contributed by atoms with Crippen molar-refractivity contribution in [1.29, 1.82) is 0 Å². The number of aryl methyl sites for hydroxylation is 2. The lowest BCUT2D eigenvalue weighted by molar-refractivity contribution is -0.140. The lowest BCUT2D eigenvalue weighted by atomic mass is 10.0. The molecule has 7 nitrogen and oxygen atoms in total. The summed E-state index contributed by atoms with van der Waals surface area (Å²) in [5.41, 5.74) is 2.83. The van der Waals surface area contributed by atoms with Crippen LogP contribution in [0, 0.1) is 19.7 Å². The van der Waals surface area contributed by atoms with Crippen molar-refractivity contribution in [3.05, 3.63) is 131 Å². The van der Waals surface area contributed by atoms with Crippen molar-refractivity contribution in [2.45, 2.75) is 64.1 Å². The van der Waals surface area contributed by atoms with Gasteiger partial charge in [0.15, 0.2) is 0 Å². The Labute approximate surface area is 265 Å². The maximum Gasteiger partial charge on any atom is 0.264 e. The molecule has 0 bridgehead atoms. The van der Waals surface area contributed by atoms with Gasteiger partial charge in [0, 0.05) is 24.6 Å². The van der Waals surface area contributed by atoms with Gasteiger partial charge in [0.05, 0.1) is 10.6 Å². The molecular formula is C36H40FN3O4S. The Bertz CT molecular complexity index is 1720. The van der Waals surface area contributed by atoms with Crippen LogP contribution in [0.4, 0.5) is 10.1 Å². The number of halogens is 1. The minimum atomic E-state index is -4.22. The molecule has 0 saturated heterocycles. The number of hydrogen-bond donors (Lipinski definition) is 1. The summed E-state index contributed by atoms with van der Waals surface area (Å²) in [4.78, 5) is 29.7. The second-order valence-electron chi connectivity index (χ2n) is 11.3. The molecule has 0 heterocycles. The van der Waals surface area contributed by atoms with Crippen LogP contribution in [0.5, 0.6) is 0 Å². The standard InChI is InChI=1S/C36H40FN3O4S/c1-5-28(4)38-36(42)34(23-29-14-8-6-9-15-29)39(24-30-16-12-13-19-32(30)37)35(41)25-40(33-22-26(2)20-21-27(33)3)45(43,44)31-17-10-7-11-18-31/h6-22,28,34H,5,23-25H2,1-4H3,(H,38,42)/t28-,34-/m1/s1. The van der Waals surface area contributed by atoms with E-state index in [9.17, 15) is 18.0 Å². The number of carbonyl (C=O) groups excluding carboxylic acids is 2. The van der Waals surface area contributed by atoms with E-state index in [0.29, 0.717) is 17.7 Å². The van der Waals surface area contributed by atoms with Crippen LogP contribution in [0.2, 0.25) is 0 Å². The normalized spacial score (nSPS) is 12.6. The van der Waals surface area contributed by atoms with E-state index in [2.05, 4.69) is 5.32 Å². The van der Waals surface area contributed by atoms with E-state index in [1.165, 1.54) is 23.1 Å². The fourth-order valence-electron chi connectivity index (χ4n) is 5.03. The Morgan fingerprint density at radius 3 is 2.13 bits per heavy atom. The van der Waals surface area contributed by atoms with Crippen molar-refractivity contribution in [3.63, 3.8) is 0 Å². The number of benzene rings is 4. The third-order valence-electron chi connectivity index (χ3n) is 7.81. The molecule has 45 heavy (non-hydrogen) atoms. The van der Waals surface area contributed by atoms with E-state index >= 15 is 4.39 Å². The molecule has 0 saturated carbocycles. The maximum absolute atomic E-state index is 15.1. The van der Waals surface area contributed by atoms with Crippen molar-refractivity contribution in [1.82, 2.24) is 10.2 Å². The zero-order valence-electron chi connectivity index (χ0n) is 26.1. The SMILES string of the molecule is CC[C@@H](C)NC(=O)[C@@H](Cc1ccccc1)N(Cc1ccccc1F)C(=O)CN(c1cc(C)ccc1C)S(=O)(=O)c1ccccc1. The van der Waals surface area contributed by atoms with Gasteiger partial charge in [0.2, 0.25) is 11.8 Å². The first-order chi connectivity index (χ1) is 21.5. The first kappa shape index (κ1) is 33.4. The molecule has 0 aliphatic carbocycles. The van der Waals surface area contributed by atoms with Crippen LogP contribution < -0.4 is 9.62 Å². The summed E-state index contributed by atoms with van der Waals surface area (Å²) < 4.78 is 44.5. The molecule has 0 unspecified atom stereocenters. The van der Waals surface area contributed by atoms with Crippen molar-refractivity contribution >= 4 is 27.5 Å². The van der Waals surface area contributed by atoms with Gasteiger partial charge < -0.3 is 10.2 Å². The van der Waals surface area contributed by atoms with E-state index in [4.69, 9.17) is 0 Å². The molecule has 0 radical (unpaired) electrons. The molecule has 236 valence electrons. The van der Waals surface area contributed by atoms with Gasteiger partial charge in [-0.05, 0) is 68.1 Å². The predicted molar refractivity (Wildman–Crippen MR) is 176 cm³/mol. The molecule has 0 aliphatic rings. The largest absolute Gasteiger partial charge is 0.352 e. The van der Waals surface area contributed by atoms with E-state index in [1.54, 1.807) is 55.5 Å². The summed E-state index contributed by atoms with van der Waals surface area (Å²) in [6.07, 6.45) is 0.818. The van der Waals surface area contributed by atoms with Gasteiger partial charge in [-0.2, -0.15) is 0 Å². The van der Waals surface area contributed by atoms with Crippen molar-refractivity contribution < 1.29 is 22.4 Å². The highest BCUT2D eigenvalue weighted by Gasteiger charge is 2.35. The molecule has 4 aromatic rings. The van der Waals surface area contributed by atoms with Crippen LogP contribution in [0.25, 0.3) is 0 Å². The van der Waals surface area contributed by atoms with Crippen molar-refractivity contribution in [3.8, 4) is 0 Å². The van der Waals surface area contributed by atoms with E-state index in [-0.39, 0.29) is 29.5 Å². The van der Waals surface area contributed by atoms with Crippen LogP contribution in [-0.4, -0.2) is 43.8 Å². The van der Waals surface area contributed by atoms with Gasteiger partial charge in [-0.3, -0.25) is 13.9 Å². The van der Waals surface area contributed by atoms with Crippen LogP contribution in [0.1, 0.15) is 42.5 Å². The molecule has 4 rings (SSSR count). The fourth-order valence-corrected chi connectivity index (χ4v) is 6.52. The summed E-state index contributed by atoms with van der Waals surface area (Å²) in [5, 5.41) is 2.98. The second-order valence-corrected chi connectivity index (χ2v) is 13.1. The summed E-state index contributed by atoms with van der Waals surface area (Å²) in [5.74, 6) is -1.57. The highest BCUT2D eigenvalue weighted by molar-refractivity contribution is 7.92. The fraction of sp³-hybridized carbons (Fsp3) is 0.278. The highest BCUT2D eigenvalue weighted by Crippen LogP contribution is 2.29. The lowest BCUT2D eigenvalue weighted by Gasteiger charge is -2.34. The Hall–Kier alpha value is -4.50. The lowest BCUT2D eigenvalue weighted by Crippen LogP contribution is -2.54. The van der Waals surface area contributed by atoms with Crippen molar-refractivity contribution in [2.75, 3.05) is 10.8 Å². The van der Waals surface area contributed by atoms with Crippen molar-refractivity contribution in [2.24, 2.45) is 0 Å². The zero-order chi connectivity index (χ0) is 32.6. The molecule has 1 N–H and O–H groups in total. The van der Waals surface area contributed by atoms with Gasteiger partial charge in [-0.1, -0.05) is 85.8 Å². The van der Waals surface area contributed by atoms with E-state index < -0.39 is 40.2 Å². The minimum absolute atomic E-state index is 0.0229. The number of anilines is 1. The predicted octanol–water partition coefficient (Wildman–Crippen LogP) is 6.19. The number of nitrogens with zero attached hydrogens (tertiary/aromatic N) is 2. The van der Waals surface area contributed by atoms with Gasteiger partial charge in [0.25, 0.3) is 10.0 Å². The smallest absolute Gasteiger partial charge is 0.264 e. The molecule has 2 atom stereocenters. The number of sulfonamides is 1. The molecule has 0 aliphatic heterocycles. The highest BCUT2D eigenvalue weighted by atomic mass is 32.2. The van der Waals surface area contributed by atoms with Crippen LogP contribution in [0.3, 0.4) is 0 Å². The molecule has 2 amide bonds. The number of rotatable bonds is 13. The third kappa shape index (κ3) is 8.36. The van der Waals surface area contributed by atoms with Gasteiger partial charge in [-0.25, -0.2) is 12.8 Å². The third-order valence-corrected chi connectivity index (χ3v) is 9.59. The Morgan fingerprint density at radius 2 is 1.49 bits per heavy atom. The van der Waals surface area contributed by atoms with Gasteiger partial charge >= 0.3 is 0 Å².